The first-order chi connectivity index (χ1) is 29.2. The molecule has 5 unspecified atom stereocenters. The fraction of sp³-hybridized carbons (Fsp3) is 0.511. The summed E-state index contributed by atoms with van der Waals surface area (Å²) in [7, 11) is -2.57. The second kappa shape index (κ2) is 16.7. The number of benzene rings is 2. The van der Waals surface area contributed by atoms with Crippen LogP contribution in [0.15, 0.2) is 78.9 Å². The highest BCUT2D eigenvalue weighted by molar-refractivity contribution is 7.92. The van der Waals surface area contributed by atoms with Crippen LogP contribution in [0.1, 0.15) is 92.9 Å². The fourth-order valence-corrected chi connectivity index (χ4v) is 10.5. The first kappa shape index (κ1) is 44.6. The van der Waals surface area contributed by atoms with Gasteiger partial charge in [-0.05, 0) is 83.3 Å². The highest BCUT2D eigenvalue weighted by atomic mass is 32.2. The number of amides is 4. The van der Waals surface area contributed by atoms with Gasteiger partial charge in [-0.2, -0.15) is 0 Å². The number of nitrogens with one attached hydrogen (secondary N) is 3. The van der Waals surface area contributed by atoms with Crippen molar-refractivity contribution >= 4 is 44.7 Å². The molecule has 62 heavy (non-hydrogen) atoms. The van der Waals surface area contributed by atoms with E-state index in [0.717, 1.165) is 30.4 Å². The molecule has 2 saturated carbocycles. The van der Waals surface area contributed by atoms with Crippen LogP contribution < -0.4 is 24.8 Å². The Hall–Kier alpha value is -5.44. The monoisotopic (exact) mass is 869 g/mol. The number of likely N-dealkylation sites (tertiary alicyclic amines) is 1. The van der Waals surface area contributed by atoms with Crippen molar-refractivity contribution in [3.8, 4) is 22.8 Å². The van der Waals surface area contributed by atoms with Crippen molar-refractivity contribution in [1.82, 2.24) is 25.2 Å². The first-order valence-electron chi connectivity index (χ1n) is 21.4. The molecule has 3 fully saturated rings. The molecular formula is C47H59N5O9S. The minimum absolute atomic E-state index is 0.00747. The van der Waals surface area contributed by atoms with E-state index in [1.807, 2.05) is 48.5 Å². The molecule has 1 saturated heterocycles. The summed E-state index contributed by atoms with van der Waals surface area (Å²) >= 11 is 0. The molecule has 3 aromatic rings. The van der Waals surface area contributed by atoms with Crippen molar-refractivity contribution in [2.24, 2.45) is 11.3 Å². The molecule has 4 aliphatic rings. The van der Waals surface area contributed by atoms with Gasteiger partial charge in [-0.3, -0.25) is 19.1 Å². The van der Waals surface area contributed by atoms with Gasteiger partial charge in [0.1, 0.15) is 45.6 Å². The third-order valence-corrected chi connectivity index (χ3v) is 14.5. The number of pyridine rings is 1. The number of sulfonamides is 1. The largest absolute Gasteiger partial charge is 0.497 e. The quantitative estimate of drug-likeness (QED) is 0.156. The number of rotatable bonds is 13. The predicted molar refractivity (Wildman–Crippen MR) is 236 cm³/mol. The summed E-state index contributed by atoms with van der Waals surface area (Å²) in [5, 5.41) is 6.32. The number of alkyl carbamates (subject to hydrolysis) is 1. The Morgan fingerprint density at radius 3 is 2.32 bits per heavy atom. The summed E-state index contributed by atoms with van der Waals surface area (Å²) in [6, 6.07) is 14.5. The maximum absolute atomic E-state index is 14.8. The fourth-order valence-electron chi connectivity index (χ4n) is 8.73. The van der Waals surface area contributed by atoms with Crippen molar-refractivity contribution in [1.29, 1.82) is 0 Å². The Balaban J connectivity index is 1.21. The van der Waals surface area contributed by atoms with Crippen molar-refractivity contribution in [2.45, 2.75) is 127 Å². The van der Waals surface area contributed by atoms with E-state index in [1.165, 1.54) is 11.0 Å². The molecule has 0 radical (unpaired) electrons. The van der Waals surface area contributed by atoms with Gasteiger partial charge in [0.25, 0.3) is 5.91 Å². The average molecular weight is 870 g/mol. The Kier molecular flexibility index (Phi) is 12.0. The van der Waals surface area contributed by atoms with Gasteiger partial charge in [0, 0.05) is 35.4 Å². The molecule has 3 N–H and O–H groups in total. The van der Waals surface area contributed by atoms with E-state index in [-0.39, 0.29) is 19.4 Å². The van der Waals surface area contributed by atoms with Crippen LogP contribution in [-0.4, -0.2) is 89.8 Å². The van der Waals surface area contributed by atoms with Crippen molar-refractivity contribution < 1.29 is 41.8 Å². The van der Waals surface area contributed by atoms with Crippen molar-refractivity contribution in [2.75, 3.05) is 13.7 Å². The minimum atomic E-state index is -4.15. The molecule has 4 amide bonds. The second-order valence-electron chi connectivity index (χ2n) is 19.1. The molecule has 332 valence electrons. The van der Waals surface area contributed by atoms with Crippen molar-refractivity contribution in [3.63, 3.8) is 0 Å². The zero-order valence-corrected chi connectivity index (χ0v) is 37.5. The smallest absolute Gasteiger partial charge is 0.408 e. The number of carbonyl (C=O) groups is 4. The van der Waals surface area contributed by atoms with Gasteiger partial charge in [0.15, 0.2) is 0 Å². The molecule has 5 atom stereocenters. The van der Waals surface area contributed by atoms with Crippen LogP contribution in [0.2, 0.25) is 0 Å². The number of allylic oxidation sites excluding steroid dienone is 1. The number of carbonyl (C=O) groups excluding carboxylic acids is 4. The zero-order chi connectivity index (χ0) is 44.8. The minimum Gasteiger partial charge on any atom is -0.497 e. The topological polar surface area (TPSA) is 182 Å². The molecule has 1 aromatic heterocycles. The lowest BCUT2D eigenvalue weighted by molar-refractivity contribution is -0.143. The highest BCUT2D eigenvalue weighted by Gasteiger charge is 2.64. The number of aromatic nitrogens is 1. The van der Waals surface area contributed by atoms with Gasteiger partial charge in [-0.25, -0.2) is 18.2 Å². The van der Waals surface area contributed by atoms with Gasteiger partial charge >= 0.3 is 6.09 Å². The molecule has 2 heterocycles. The molecule has 15 heteroatoms. The summed E-state index contributed by atoms with van der Waals surface area (Å²) < 4.78 is 46.9. The average Bonchev–Trinajstić information content (AvgIpc) is 4.14. The standard InChI is InChI=1S/C47H59N5O9S/c1-9-30-27-47(30,42(55)51-62(57,58)46(22-23-46)31-18-14-11-15-19-31)50-40(53)37-25-33(28-52(37)41(54)39(44(2,3)4)49-43(56)61-45(5,6)7)60-38-26-35(29-16-12-10-13-17-29)48-36-24-32(59-8)20-21-34(36)38/h9-10,12-13,16-18,20-21,24,26,30,33,37,39H,1,11,14-15,19,22-23,25,27-28H2,2-8H3,(H,49,56)(H,50,53)(H,51,55). The third-order valence-electron chi connectivity index (χ3n) is 12.3. The number of ether oxygens (including phenoxy) is 3. The summed E-state index contributed by atoms with van der Waals surface area (Å²) in [5.74, 6) is -1.56. The third kappa shape index (κ3) is 9.04. The van der Waals surface area contributed by atoms with E-state index in [4.69, 9.17) is 19.2 Å². The maximum Gasteiger partial charge on any atom is 0.408 e. The summed E-state index contributed by atoms with van der Waals surface area (Å²) in [6.07, 6.45) is 6.29. The molecule has 1 aliphatic heterocycles. The SMILES string of the molecule is C=CC1CC1(NC(=O)C1CC(Oc2cc(-c3ccccc3)nc3cc(OC)ccc23)CN1C(=O)C(NC(=O)OC(C)(C)C)C(C)(C)C)C(=O)NS(=O)(=O)C1(C2=CCCCC2)CC1. The number of hydrogen-bond donors (Lipinski definition) is 3. The van der Waals surface area contributed by atoms with E-state index in [0.29, 0.717) is 47.4 Å². The van der Waals surface area contributed by atoms with Crippen LogP contribution in [-0.2, 0) is 29.1 Å². The van der Waals surface area contributed by atoms with Crippen LogP contribution in [0.4, 0.5) is 4.79 Å². The number of hydrogen-bond acceptors (Lipinski definition) is 10. The molecule has 7 rings (SSSR count). The highest BCUT2D eigenvalue weighted by Crippen LogP contribution is 2.53. The maximum atomic E-state index is 14.8. The van der Waals surface area contributed by atoms with E-state index in [9.17, 15) is 27.6 Å². The molecule has 2 aromatic carbocycles. The van der Waals surface area contributed by atoms with E-state index in [1.54, 1.807) is 60.8 Å². The van der Waals surface area contributed by atoms with Gasteiger partial charge in [0.05, 0.1) is 24.9 Å². The molecule has 0 bridgehead atoms. The predicted octanol–water partition coefficient (Wildman–Crippen LogP) is 6.74. The van der Waals surface area contributed by atoms with Crippen LogP contribution in [0.25, 0.3) is 22.2 Å². The van der Waals surface area contributed by atoms with E-state index in [2.05, 4.69) is 21.9 Å². The molecule has 0 spiro atoms. The van der Waals surface area contributed by atoms with Gasteiger partial charge < -0.3 is 29.7 Å². The molecular weight excluding hydrogens is 811 g/mol. The number of nitrogens with zero attached hydrogens (tertiary/aromatic N) is 2. The summed E-state index contributed by atoms with van der Waals surface area (Å²) in [6.45, 7) is 14.3. The van der Waals surface area contributed by atoms with E-state index < -0.39 is 79.2 Å². The van der Waals surface area contributed by atoms with Crippen molar-refractivity contribution in [3.05, 3.63) is 78.9 Å². The molecule has 14 nitrogen and oxygen atoms in total. The Bertz CT molecular complexity index is 2400. The lowest BCUT2D eigenvalue weighted by Crippen LogP contribution is -2.60. The van der Waals surface area contributed by atoms with Crippen LogP contribution in [0.3, 0.4) is 0 Å². The second-order valence-corrected chi connectivity index (χ2v) is 21.1. The first-order valence-corrected chi connectivity index (χ1v) is 22.9. The van der Waals surface area contributed by atoms with Crippen LogP contribution >= 0.6 is 0 Å². The summed E-state index contributed by atoms with van der Waals surface area (Å²) in [4.78, 5) is 63.2. The van der Waals surface area contributed by atoms with Gasteiger partial charge in [-0.1, -0.05) is 68.8 Å². The Labute approximate surface area is 364 Å². The lowest BCUT2D eigenvalue weighted by atomic mass is 9.85. The Morgan fingerprint density at radius 2 is 1.73 bits per heavy atom. The number of fused-ring (bicyclic) bond motifs is 1. The number of methoxy groups -OCH3 is 1. The van der Waals surface area contributed by atoms with Crippen LogP contribution in [0, 0.1) is 11.3 Å². The van der Waals surface area contributed by atoms with Gasteiger partial charge in [-0.15, -0.1) is 6.58 Å². The lowest BCUT2D eigenvalue weighted by Gasteiger charge is -2.36. The zero-order valence-electron chi connectivity index (χ0n) is 36.7. The normalized spacial score (nSPS) is 23.6. The summed E-state index contributed by atoms with van der Waals surface area (Å²) in [5.41, 5.74) is -0.369. The molecule has 3 aliphatic carbocycles. The van der Waals surface area contributed by atoms with Crippen LogP contribution in [0.5, 0.6) is 11.5 Å². The Morgan fingerprint density at radius 1 is 1.00 bits per heavy atom. The van der Waals surface area contributed by atoms with E-state index >= 15 is 0 Å². The van der Waals surface area contributed by atoms with Gasteiger partial charge in [0.2, 0.25) is 21.8 Å².